The van der Waals surface area contributed by atoms with Crippen molar-refractivity contribution in [1.29, 1.82) is 0 Å². The first-order valence-electron chi connectivity index (χ1n) is 8.30. The van der Waals surface area contributed by atoms with E-state index in [1.54, 1.807) is 18.3 Å². The second-order valence-corrected chi connectivity index (χ2v) is 7.00. The van der Waals surface area contributed by atoms with E-state index in [0.717, 1.165) is 47.8 Å². The molecule has 26 heavy (non-hydrogen) atoms. The number of thiazole rings is 1. The highest BCUT2D eigenvalue weighted by atomic mass is 32.1. The number of likely N-dealkylation sites (tertiary alicyclic amines) is 1. The van der Waals surface area contributed by atoms with Crippen molar-refractivity contribution in [2.45, 2.75) is 12.8 Å². The molecule has 4 rings (SSSR count). The summed E-state index contributed by atoms with van der Waals surface area (Å²) in [6.45, 7) is 1.63. The Kier molecular flexibility index (Phi) is 4.26. The third kappa shape index (κ3) is 3.11. The van der Waals surface area contributed by atoms with Crippen LogP contribution in [0.25, 0.3) is 21.8 Å². The number of carbonyl (C=O) groups excluding carboxylic acids is 1. The highest BCUT2D eigenvalue weighted by Gasteiger charge is 2.21. The molecule has 1 saturated heterocycles. The summed E-state index contributed by atoms with van der Waals surface area (Å²) in [5, 5.41) is 13.5. The summed E-state index contributed by atoms with van der Waals surface area (Å²) in [5.41, 5.74) is 3.10. The Bertz CT molecular complexity index is 955. The number of rotatable bonds is 4. The predicted molar refractivity (Wildman–Crippen MR) is 99.1 cm³/mol. The lowest BCUT2D eigenvalue weighted by Gasteiger charge is -2.13. The summed E-state index contributed by atoms with van der Waals surface area (Å²) in [4.78, 5) is 32.3. The number of amides is 1. The Morgan fingerprint density at radius 2 is 1.92 bits per heavy atom. The van der Waals surface area contributed by atoms with Crippen molar-refractivity contribution < 1.29 is 9.72 Å². The molecule has 0 aliphatic carbocycles. The van der Waals surface area contributed by atoms with E-state index in [4.69, 9.17) is 0 Å². The summed E-state index contributed by atoms with van der Waals surface area (Å²) in [6, 6.07) is 8.16. The fraction of sp³-hybridized carbons (Fsp3) is 0.222. The fourth-order valence-electron chi connectivity index (χ4n) is 3.02. The lowest BCUT2D eigenvalue weighted by atomic mass is 10.2. The van der Waals surface area contributed by atoms with Gasteiger partial charge in [-0.05, 0) is 31.0 Å². The monoisotopic (exact) mass is 368 g/mol. The van der Waals surface area contributed by atoms with E-state index in [1.807, 2.05) is 16.3 Å². The van der Waals surface area contributed by atoms with Gasteiger partial charge in [-0.3, -0.25) is 14.9 Å². The van der Waals surface area contributed by atoms with Crippen LogP contribution < -0.4 is 0 Å². The first-order chi connectivity index (χ1) is 12.6. The number of H-pyrrole nitrogens is 1. The molecule has 3 aromatic rings. The van der Waals surface area contributed by atoms with Gasteiger partial charge in [-0.1, -0.05) is 0 Å². The van der Waals surface area contributed by atoms with Crippen molar-refractivity contribution in [3.63, 3.8) is 0 Å². The van der Waals surface area contributed by atoms with Gasteiger partial charge in [0.2, 0.25) is 0 Å². The number of nitrogens with one attached hydrogen (secondary N) is 1. The van der Waals surface area contributed by atoms with Crippen molar-refractivity contribution in [2.24, 2.45) is 0 Å². The Hall–Kier alpha value is -3.00. The summed E-state index contributed by atoms with van der Waals surface area (Å²) < 4.78 is 0. The molecule has 1 aliphatic rings. The van der Waals surface area contributed by atoms with Crippen LogP contribution in [-0.2, 0) is 0 Å². The van der Waals surface area contributed by atoms with E-state index in [-0.39, 0.29) is 11.6 Å². The van der Waals surface area contributed by atoms with Crippen LogP contribution in [0.5, 0.6) is 0 Å². The summed E-state index contributed by atoms with van der Waals surface area (Å²) in [6.07, 6.45) is 3.91. The molecular formula is C18H16N4O3S. The van der Waals surface area contributed by atoms with E-state index >= 15 is 0 Å². The van der Waals surface area contributed by atoms with E-state index < -0.39 is 4.92 Å². The minimum Gasteiger partial charge on any atom is -0.357 e. The molecule has 0 saturated carbocycles. The number of nitro benzene ring substituents is 1. The van der Waals surface area contributed by atoms with Crippen molar-refractivity contribution in [1.82, 2.24) is 14.9 Å². The van der Waals surface area contributed by atoms with Gasteiger partial charge in [0.15, 0.2) is 0 Å². The minimum absolute atomic E-state index is 0.0274. The van der Waals surface area contributed by atoms with Crippen LogP contribution in [0.4, 0.5) is 5.69 Å². The van der Waals surface area contributed by atoms with Crippen molar-refractivity contribution in [2.75, 3.05) is 13.1 Å². The quantitative estimate of drug-likeness (QED) is 0.557. The summed E-state index contributed by atoms with van der Waals surface area (Å²) in [5.74, 6) is 0.0274. The smallest absolute Gasteiger partial charge is 0.270 e. The molecular weight excluding hydrogens is 352 g/mol. The lowest BCUT2D eigenvalue weighted by molar-refractivity contribution is -0.384. The molecule has 0 atom stereocenters. The number of benzene rings is 1. The van der Waals surface area contributed by atoms with Crippen LogP contribution in [0, 0.1) is 10.1 Å². The van der Waals surface area contributed by atoms with Gasteiger partial charge in [0.1, 0.15) is 10.7 Å². The molecule has 7 nitrogen and oxygen atoms in total. The average molecular weight is 368 g/mol. The molecule has 0 radical (unpaired) electrons. The van der Waals surface area contributed by atoms with Gasteiger partial charge >= 0.3 is 0 Å². The Morgan fingerprint density at radius 3 is 2.62 bits per heavy atom. The maximum absolute atomic E-state index is 12.4. The fourth-order valence-corrected chi connectivity index (χ4v) is 3.86. The van der Waals surface area contributed by atoms with Crippen molar-refractivity contribution >= 4 is 22.9 Å². The number of aromatic amines is 1. The van der Waals surface area contributed by atoms with Gasteiger partial charge in [0.25, 0.3) is 11.6 Å². The molecule has 0 bridgehead atoms. The van der Waals surface area contributed by atoms with Crippen LogP contribution in [-0.4, -0.2) is 38.8 Å². The van der Waals surface area contributed by atoms with E-state index in [1.165, 1.54) is 23.5 Å². The molecule has 1 amide bonds. The van der Waals surface area contributed by atoms with E-state index in [9.17, 15) is 14.9 Å². The zero-order chi connectivity index (χ0) is 18.1. The molecule has 1 N–H and O–H groups in total. The van der Waals surface area contributed by atoms with Gasteiger partial charge in [-0.15, -0.1) is 11.3 Å². The topological polar surface area (TPSA) is 92.1 Å². The van der Waals surface area contributed by atoms with Gasteiger partial charge in [-0.2, -0.15) is 0 Å². The summed E-state index contributed by atoms with van der Waals surface area (Å²) >= 11 is 1.46. The number of nitrogens with zero attached hydrogens (tertiary/aromatic N) is 3. The Balaban J connectivity index is 1.54. The zero-order valence-electron chi connectivity index (χ0n) is 13.8. The largest absolute Gasteiger partial charge is 0.357 e. The van der Waals surface area contributed by atoms with Gasteiger partial charge in [0, 0.05) is 47.9 Å². The lowest BCUT2D eigenvalue weighted by Crippen LogP contribution is -2.27. The average Bonchev–Trinajstić information content (AvgIpc) is 3.42. The van der Waals surface area contributed by atoms with Crippen LogP contribution in [0.2, 0.25) is 0 Å². The molecule has 0 spiro atoms. The first-order valence-corrected chi connectivity index (χ1v) is 9.18. The molecule has 3 heterocycles. The maximum atomic E-state index is 12.4. The maximum Gasteiger partial charge on any atom is 0.270 e. The van der Waals surface area contributed by atoms with E-state index in [0.29, 0.717) is 5.69 Å². The van der Waals surface area contributed by atoms with E-state index in [2.05, 4.69) is 9.97 Å². The number of hydrogen-bond donors (Lipinski definition) is 1. The normalized spacial score (nSPS) is 13.9. The molecule has 1 aromatic carbocycles. The summed E-state index contributed by atoms with van der Waals surface area (Å²) in [7, 11) is 0. The molecule has 0 unspecified atom stereocenters. The molecule has 1 fully saturated rings. The number of non-ortho nitro benzene ring substituents is 1. The van der Waals surface area contributed by atoms with Crippen LogP contribution in [0.3, 0.4) is 0 Å². The van der Waals surface area contributed by atoms with Crippen LogP contribution in [0.1, 0.15) is 23.3 Å². The standard InChI is InChI=1S/C18H16N4O3S/c23-18(21-7-1-2-8-21)15-9-13(10-19-15)16-11-26-17(20-16)12-3-5-14(6-4-12)22(24)25/h3-6,9-11,19H,1-2,7-8H2. The second kappa shape index (κ2) is 6.72. The second-order valence-electron chi connectivity index (χ2n) is 6.14. The highest BCUT2D eigenvalue weighted by Crippen LogP contribution is 2.30. The van der Waals surface area contributed by atoms with Gasteiger partial charge in [-0.25, -0.2) is 4.98 Å². The minimum atomic E-state index is -0.421. The van der Waals surface area contributed by atoms with Crippen molar-refractivity contribution in [3.05, 3.63) is 57.7 Å². The zero-order valence-corrected chi connectivity index (χ0v) is 14.7. The first kappa shape index (κ1) is 16.5. The predicted octanol–water partition coefficient (Wildman–Crippen LogP) is 3.95. The number of hydrogen-bond acceptors (Lipinski definition) is 5. The third-order valence-electron chi connectivity index (χ3n) is 4.43. The third-order valence-corrected chi connectivity index (χ3v) is 5.32. The van der Waals surface area contributed by atoms with Gasteiger partial charge in [0.05, 0.1) is 10.6 Å². The van der Waals surface area contributed by atoms with Gasteiger partial charge < -0.3 is 9.88 Å². The number of aromatic nitrogens is 2. The van der Waals surface area contributed by atoms with Crippen molar-refractivity contribution in [3.8, 4) is 21.8 Å². The number of nitro groups is 1. The SMILES string of the molecule is O=C(c1cc(-c2csc(-c3ccc([N+](=O)[O-])cc3)n2)c[nH]1)N1CCCC1. The Labute approximate surface area is 153 Å². The Morgan fingerprint density at radius 1 is 1.19 bits per heavy atom. The molecule has 8 heteroatoms. The molecule has 132 valence electrons. The molecule has 1 aliphatic heterocycles. The van der Waals surface area contributed by atoms with Crippen LogP contribution >= 0.6 is 11.3 Å². The highest BCUT2D eigenvalue weighted by molar-refractivity contribution is 7.13. The van der Waals surface area contributed by atoms with Crippen LogP contribution in [0.15, 0.2) is 41.9 Å². The molecule has 2 aromatic heterocycles. The number of carbonyl (C=O) groups is 1.